The van der Waals surface area contributed by atoms with Crippen LogP contribution in [0.1, 0.15) is 38.7 Å². The maximum absolute atomic E-state index is 12.6. The fourth-order valence-corrected chi connectivity index (χ4v) is 2.82. The zero-order chi connectivity index (χ0) is 19.3. The van der Waals surface area contributed by atoms with E-state index in [2.05, 4.69) is 10.1 Å². The van der Waals surface area contributed by atoms with Gasteiger partial charge in [-0.1, -0.05) is 47.5 Å². The number of carbonyl (C=O) groups excluding carboxylic acids is 2. The lowest BCUT2D eigenvalue weighted by Crippen LogP contribution is -2.31. The first-order valence-electron chi connectivity index (χ1n) is 7.49. The van der Waals surface area contributed by atoms with E-state index in [0.717, 1.165) is 0 Å². The number of amides is 1. The lowest BCUT2D eigenvalue weighted by atomic mass is 10.0. The molecule has 0 bridgehead atoms. The molecule has 8 heteroatoms. The van der Waals surface area contributed by atoms with Gasteiger partial charge < -0.3 is 15.2 Å². The quantitative estimate of drug-likeness (QED) is 0.726. The Balaban J connectivity index is 2.38. The largest absolute Gasteiger partial charge is 0.478 e. The Morgan fingerprint density at radius 1 is 1.08 bits per heavy atom. The number of carboxylic acid groups (broad SMARTS) is 1. The topological polar surface area (TPSA) is 92.7 Å². The molecule has 0 heterocycles. The molecule has 0 aliphatic carbocycles. The zero-order valence-electron chi connectivity index (χ0n) is 13.7. The number of methoxy groups -OCH3 is 1. The first-order chi connectivity index (χ1) is 12.3. The molecule has 0 saturated heterocycles. The van der Waals surface area contributed by atoms with Crippen LogP contribution in [0.15, 0.2) is 42.5 Å². The van der Waals surface area contributed by atoms with Crippen molar-refractivity contribution in [1.29, 1.82) is 0 Å². The van der Waals surface area contributed by atoms with Gasteiger partial charge in [-0.25, -0.2) is 4.79 Å². The molecular formula is C18H15Cl2NO5. The molecule has 0 spiro atoms. The van der Waals surface area contributed by atoms with Crippen LogP contribution in [0, 0.1) is 0 Å². The first kappa shape index (κ1) is 19.8. The minimum atomic E-state index is -1.24. The predicted octanol–water partition coefficient (Wildman–Crippen LogP) is 3.73. The molecule has 0 aromatic heterocycles. The lowest BCUT2D eigenvalue weighted by Gasteiger charge is -2.20. The van der Waals surface area contributed by atoms with Gasteiger partial charge in [0.05, 0.1) is 40.7 Å². The number of halogens is 2. The van der Waals surface area contributed by atoms with E-state index in [9.17, 15) is 19.5 Å². The minimum Gasteiger partial charge on any atom is -0.478 e. The van der Waals surface area contributed by atoms with Crippen LogP contribution in [0.25, 0.3) is 0 Å². The number of nitrogens with one attached hydrogen (secondary N) is 1. The molecule has 136 valence electrons. The minimum absolute atomic E-state index is 0.0342. The summed E-state index contributed by atoms with van der Waals surface area (Å²) in [6.07, 6.45) is -0.197. The maximum atomic E-state index is 12.6. The number of hydrogen-bond acceptors (Lipinski definition) is 4. The van der Waals surface area contributed by atoms with Gasteiger partial charge in [0.2, 0.25) is 0 Å². The summed E-state index contributed by atoms with van der Waals surface area (Å²) in [7, 11) is 1.22. The maximum Gasteiger partial charge on any atom is 0.336 e. The Hall–Kier alpha value is -2.57. The molecule has 6 nitrogen and oxygen atoms in total. The van der Waals surface area contributed by atoms with E-state index >= 15 is 0 Å². The van der Waals surface area contributed by atoms with Crippen LogP contribution in [0.2, 0.25) is 10.0 Å². The lowest BCUT2D eigenvalue weighted by molar-refractivity contribution is -0.141. The number of aromatic carboxylic acids is 1. The standard InChI is InChI=1S/C18H15Cl2NO5/c1-26-15(22)9-14(12-7-4-8-13(19)16(12)20)21-17(23)10-5-2-3-6-11(10)18(24)25/h2-8,14H,9H2,1H3,(H,21,23)(H,24,25)/t14-/m0/s1. The number of rotatable bonds is 6. The van der Waals surface area contributed by atoms with Crippen LogP contribution in [-0.2, 0) is 9.53 Å². The summed E-state index contributed by atoms with van der Waals surface area (Å²) in [6.45, 7) is 0. The molecule has 2 N–H and O–H groups in total. The van der Waals surface area contributed by atoms with Crippen LogP contribution in [0.4, 0.5) is 0 Å². The molecule has 1 atom stereocenters. The van der Waals surface area contributed by atoms with E-state index in [-0.39, 0.29) is 27.6 Å². The fraction of sp³-hybridized carbons (Fsp3) is 0.167. The SMILES string of the molecule is COC(=O)C[C@H](NC(=O)c1ccccc1C(=O)O)c1cccc(Cl)c1Cl. The van der Waals surface area contributed by atoms with Gasteiger partial charge >= 0.3 is 11.9 Å². The van der Waals surface area contributed by atoms with Crippen LogP contribution >= 0.6 is 23.2 Å². The molecule has 2 rings (SSSR count). The monoisotopic (exact) mass is 395 g/mol. The molecule has 26 heavy (non-hydrogen) atoms. The third-order valence-corrected chi connectivity index (χ3v) is 4.50. The summed E-state index contributed by atoms with van der Waals surface area (Å²) in [6, 6.07) is 9.73. The molecule has 2 aromatic rings. The molecule has 0 saturated carbocycles. The molecule has 1 amide bonds. The van der Waals surface area contributed by atoms with E-state index in [1.54, 1.807) is 24.3 Å². The number of hydrogen-bond donors (Lipinski definition) is 2. The summed E-state index contributed by atoms with van der Waals surface area (Å²) in [5.41, 5.74) is 0.234. The van der Waals surface area contributed by atoms with Crippen LogP contribution in [0.5, 0.6) is 0 Å². The van der Waals surface area contributed by atoms with Crippen molar-refractivity contribution in [3.8, 4) is 0 Å². The van der Waals surface area contributed by atoms with Gasteiger partial charge in [-0.3, -0.25) is 9.59 Å². The van der Waals surface area contributed by atoms with Crippen molar-refractivity contribution >= 4 is 41.0 Å². The van der Waals surface area contributed by atoms with Crippen LogP contribution < -0.4 is 5.32 Å². The van der Waals surface area contributed by atoms with E-state index in [1.807, 2.05) is 0 Å². The first-order valence-corrected chi connectivity index (χ1v) is 8.24. The summed E-state index contributed by atoms with van der Waals surface area (Å²) < 4.78 is 4.66. The van der Waals surface area contributed by atoms with Crippen molar-refractivity contribution in [2.45, 2.75) is 12.5 Å². The molecule has 0 aliphatic rings. The third kappa shape index (κ3) is 4.53. The van der Waals surface area contributed by atoms with Gasteiger partial charge in [0.15, 0.2) is 0 Å². The highest BCUT2D eigenvalue weighted by Gasteiger charge is 2.24. The van der Waals surface area contributed by atoms with Gasteiger partial charge in [0.1, 0.15) is 0 Å². The van der Waals surface area contributed by atoms with Gasteiger partial charge in [0.25, 0.3) is 5.91 Å². The van der Waals surface area contributed by atoms with Gasteiger partial charge in [-0.2, -0.15) is 0 Å². The fourth-order valence-electron chi connectivity index (χ4n) is 2.38. The number of carboxylic acids is 1. The Bertz CT molecular complexity index is 853. The van der Waals surface area contributed by atoms with Crippen molar-refractivity contribution in [3.63, 3.8) is 0 Å². The number of ether oxygens (including phenoxy) is 1. The Labute approximate surface area is 159 Å². The average Bonchev–Trinajstić information content (AvgIpc) is 2.63. The average molecular weight is 396 g/mol. The molecule has 0 aliphatic heterocycles. The van der Waals surface area contributed by atoms with E-state index in [0.29, 0.717) is 5.56 Å². The van der Waals surface area contributed by atoms with Crippen molar-refractivity contribution < 1.29 is 24.2 Å². The molecule has 0 unspecified atom stereocenters. The highest BCUT2D eigenvalue weighted by molar-refractivity contribution is 6.42. The highest BCUT2D eigenvalue weighted by atomic mass is 35.5. The number of carbonyl (C=O) groups is 3. The van der Waals surface area contributed by atoms with Gasteiger partial charge in [-0.15, -0.1) is 0 Å². The second kappa shape index (κ2) is 8.69. The Kier molecular flexibility index (Phi) is 6.60. The summed E-state index contributed by atoms with van der Waals surface area (Å²) in [5.74, 6) is -2.47. The Morgan fingerprint density at radius 3 is 2.35 bits per heavy atom. The van der Waals surface area contributed by atoms with Crippen LogP contribution in [-0.4, -0.2) is 30.1 Å². The van der Waals surface area contributed by atoms with Crippen molar-refractivity contribution in [3.05, 3.63) is 69.2 Å². The van der Waals surface area contributed by atoms with Gasteiger partial charge in [-0.05, 0) is 23.8 Å². The molecule has 2 aromatic carbocycles. The molecule has 0 fully saturated rings. The van der Waals surface area contributed by atoms with E-state index < -0.39 is 23.9 Å². The molecular weight excluding hydrogens is 381 g/mol. The smallest absolute Gasteiger partial charge is 0.336 e. The molecule has 0 radical (unpaired) electrons. The van der Waals surface area contributed by atoms with Crippen molar-refractivity contribution in [1.82, 2.24) is 5.32 Å². The number of esters is 1. The normalized spacial score (nSPS) is 11.5. The van der Waals surface area contributed by atoms with Crippen molar-refractivity contribution in [2.75, 3.05) is 7.11 Å². The van der Waals surface area contributed by atoms with Crippen molar-refractivity contribution in [2.24, 2.45) is 0 Å². The third-order valence-electron chi connectivity index (χ3n) is 3.66. The highest BCUT2D eigenvalue weighted by Crippen LogP contribution is 2.32. The summed E-state index contributed by atoms with van der Waals surface area (Å²) >= 11 is 12.2. The van der Waals surface area contributed by atoms with Gasteiger partial charge in [0, 0.05) is 0 Å². The second-order valence-electron chi connectivity index (χ2n) is 5.30. The van der Waals surface area contributed by atoms with Crippen LogP contribution in [0.3, 0.4) is 0 Å². The van der Waals surface area contributed by atoms with E-state index in [4.69, 9.17) is 23.2 Å². The zero-order valence-corrected chi connectivity index (χ0v) is 15.2. The van der Waals surface area contributed by atoms with E-state index in [1.165, 1.54) is 25.3 Å². The summed E-state index contributed by atoms with van der Waals surface area (Å²) in [5, 5.41) is 12.3. The Morgan fingerprint density at radius 2 is 1.73 bits per heavy atom. The predicted molar refractivity (Wildman–Crippen MR) is 96.7 cm³/mol. The summed E-state index contributed by atoms with van der Waals surface area (Å²) in [4.78, 5) is 35.7. The number of benzene rings is 2. The second-order valence-corrected chi connectivity index (χ2v) is 6.09.